The van der Waals surface area contributed by atoms with E-state index < -0.39 is 0 Å². The Balaban J connectivity index is 1.66. The van der Waals surface area contributed by atoms with E-state index in [4.69, 9.17) is 9.47 Å². The minimum Gasteiger partial charge on any atom is -0.490 e. The van der Waals surface area contributed by atoms with Gasteiger partial charge < -0.3 is 14.8 Å². The molecule has 2 heterocycles. The van der Waals surface area contributed by atoms with Crippen LogP contribution >= 0.6 is 0 Å². The lowest BCUT2D eigenvalue weighted by atomic mass is 10.1. The number of ether oxygens (including phenoxy) is 2. The number of aliphatic imine (C=N–C) groups is 1. The molecule has 0 aromatic heterocycles. The van der Waals surface area contributed by atoms with Gasteiger partial charge in [-0.2, -0.15) is 0 Å². The lowest BCUT2D eigenvalue weighted by molar-refractivity contribution is -0.115. The number of hydrogen-bond acceptors (Lipinski definition) is 4. The van der Waals surface area contributed by atoms with Crippen molar-refractivity contribution in [3.05, 3.63) is 64.9 Å². The molecule has 0 spiro atoms. The molecule has 2 aromatic rings. The highest BCUT2D eigenvalue weighted by Gasteiger charge is 2.22. The first-order valence-electron chi connectivity index (χ1n) is 8.28. The number of amides is 1. The number of carbonyl (C=O) groups excluding carboxylic acids is 1. The largest absolute Gasteiger partial charge is 0.490 e. The monoisotopic (exact) mass is 334 g/mol. The van der Waals surface area contributed by atoms with Crippen LogP contribution in [0, 0.1) is 6.92 Å². The second-order valence-electron chi connectivity index (χ2n) is 6.02. The Morgan fingerprint density at radius 2 is 1.88 bits per heavy atom. The minimum atomic E-state index is -0.203. The first-order chi connectivity index (χ1) is 12.2. The molecule has 0 fully saturated rings. The second-order valence-corrected chi connectivity index (χ2v) is 6.02. The van der Waals surface area contributed by atoms with Crippen molar-refractivity contribution in [1.82, 2.24) is 5.32 Å². The molecule has 0 saturated heterocycles. The van der Waals surface area contributed by atoms with Gasteiger partial charge in [-0.15, -0.1) is 0 Å². The Morgan fingerprint density at radius 3 is 2.72 bits per heavy atom. The highest BCUT2D eigenvalue weighted by Crippen LogP contribution is 2.31. The number of amidine groups is 1. The quantitative estimate of drug-likeness (QED) is 0.859. The fraction of sp³-hybridized carbons (Fsp3) is 0.200. The molecule has 4 rings (SSSR count). The summed E-state index contributed by atoms with van der Waals surface area (Å²) in [6.07, 6.45) is 2.62. The van der Waals surface area contributed by atoms with E-state index in [0.717, 1.165) is 28.9 Å². The molecule has 5 nitrogen and oxygen atoms in total. The molecule has 1 amide bonds. The van der Waals surface area contributed by atoms with Crippen LogP contribution in [0.3, 0.4) is 0 Å². The maximum Gasteiger partial charge on any atom is 0.275 e. The van der Waals surface area contributed by atoms with Crippen molar-refractivity contribution in [2.75, 3.05) is 13.2 Å². The predicted molar refractivity (Wildman–Crippen MR) is 95.9 cm³/mol. The summed E-state index contributed by atoms with van der Waals surface area (Å²) < 4.78 is 11.3. The number of carbonyl (C=O) groups is 1. The molecule has 2 aliphatic rings. The van der Waals surface area contributed by atoms with Crippen LogP contribution in [0.2, 0.25) is 0 Å². The Labute approximate surface area is 146 Å². The molecule has 0 bridgehead atoms. The fourth-order valence-electron chi connectivity index (χ4n) is 2.86. The van der Waals surface area contributed by atoms with Crippen LogP contribution in [0.4, 0.5) is 0 Å². The lowest BCUT2D eigenvalue weighted by Crippen LogP contribution is -2.25. The maximum atomic E-state index is 12.3. The number of rotatable bonds is 2. The van der Waals surface area contributed by atoms with Gasteiger partial charge in [0.2, 0.25) is 0 Å². The summed E-state index contributed by atoms with van der Waals surface area (Å²) in [5.41, 5.74) is 3.23. The van der Waals surface area contributed by atoms with E-state index in [1.165, 1.54) is 0 Å². The molecule has 126 valence electrons. The zero-order chi connectivity index (χ0) is 17.2. The van der Waals surface area contributed by atoms with Crippen LogP contribution in [0.25, 0.3) is 6.08 Å². The zero-order valence-electron chi connectivity index (χ0n) is 13.9. The SMILES string of the molecule is Cc1ccccc1C1=N/C(=C/c2ccc3c(c2)OCCCO3)C(=O)N1. The summed E-state index contributed by atoms with van der Waals surface area (Å²) in [5, 5.41) is 2.84. The maximum absolute atomic E-state index is 12.3. The smallest absolute Gasteiger partial charge is 0.275 e. The lowest BCUT2D eigenvalue weighted by Gasteiger charge is -2.07. The summed E-state index contributed by atoms with van der Waals surface area (Å²) in [6, 6.07) is 13.5. The standard InChI is InChI=1S/C20H18N2O3/c1-13-5-2-3-6-15(13)19-21-16(20(23)22-19)11-14-7-8-17-18(12-14)25-10-4-9-24-17/h2-3,5-8,11-12H,4,9-10H2,1H3,(H,21,22,23)/b16-11+. The number of nitrogens with zero attached hydrogens (tertiary/aromatic N) is 1. The number of fused-ring (bicyclic) bond motifs is 1. The van der Waals surface area contributed by atoms with Gasteiger partial charge >= 0.3 is 0 Å². The van der Waals surface area contributed by atoms with Crippen LogP contribution < -0.4 is 14.8 Å². The molecular formula is C20H18N2O3. The molecular weight excluding hydrogens is 316 g/mol. The zero-order valence-corrected chi connectivity index (χ0v) is 13.9. The Morgan fingerprint density at radius 1 is 1.08 bits per heavy atom. The third-order valence-electron chi connectivity index (χ3n) is 4.17. The van der Waals surface area contributed by atoms with Crippen molar-refractivity contribution < 1.29 is 14.3 Å². The van der Waals surface area contributed by atoms with Crippen LogP contribution in [-0.2, 0) is 4.79 Å². The van der Waals surface area contributed by atoms with Gasteiger partial charge in [-0.05, 0) is 36.3 Å². The molecule has 1 N–H and O–H groups in total. The number of nitrogens with one attached hydrogen (secondary N) is 1. The number of aryl methyl sites for hydroxylation is 1. The Bertz CT molecular complexity index is 900. The highest BCUT2D eigenvalue weighted by atomic mass is 16.5. The highest BCUT2D eigenvalue weighted by molar-refractivity contribution is 6.20. The van der Waals surface area contributed by atoms with Crippen molar-refractivity contribution in [3.8, 4) is 11.5 Å². The predicted octanol–water partition coefficient (Wildman–Crippen LogP) is 3.07. The molecule has 25 heavy (non-hydrogen) atoms. The van der Waals surface area contributed by atoms with Gasteiger partial charge in [0.05, 0.1) is 13.2 Å². The molecule has 2 aromatic carbocycles. The topological polar surface area (TPSA) is 59.9 Å². The normalized spacial score (nSPS) is 17.9. The summed E-state index contributed by atoms with van der Waals surface area (Å²) in [6.45, 7) is 3.28. The first-order valence-corrected chi connectivity index (χ1v) is 8.28. The van der Waals surface area contributed by atoms with Crippen molar-refractivity contribution in [3.63, 3.8) is 0 Å². The van der Waals surface area contributed by atoms with Crippen molar-refractivity contribution in [1.29, 1.82) is 0 Å². The van der Waals surface area contributed by atoms with Crippen molar-refractivity contribution in [2.45, 2.75) is 13.3 Å². The summed E-state index contributed by atoms with van der Waals surface area (Å²) in [5.74, 6) is 1.82. The summed E-state index contributed by atoms with van der Waals surface area (Å²) in [4.78, 5) is 16.7. The van der Waals surface area contributed by atoms with Crippen LogP contribution in [0.5, 0.6) is 11.5 Å². The van der Waals surface area contributed by atoms with Crippen LogP contribution in [0.15, 0.2) is 53.2 Å². The van der Waals surface area contributed by atoms with Gasteiger partial charge in [0.1, 0.15) is 11.5 Å². The van der Waals surface area contributed by atoms with E-state index in [9.17, 15) is 4.79 Å². The molecule has 2 aliphatic heterocycles. The summed E-state index contributed by atoms with van der Waals surface area (Å²) >= 11 is 0. The van der Waals surface area contributed by atoms with Gasteiger partial charge in [0, 0.05) is 12.0 Å². The first kappa shape index (κ1) is 15.4. The minimum absolute atomic E-state index is 0.203. The Kier molecular flexibility index (Phi) is 3.98. The van der Waals surface area contributed by atoms with E-state index in [1.807, 2.05) is 49.4 Å². The number of hydrogen-bond donors (Lipinski definition) is 1. The average Bonchev–Trinajstić information content (AvgIpc) is 2.82. The Hall–Kier alpha value is -3.08. The third-order valence-corrected chi connectivity index (χ3v) is 4.17. The average molecular weight is 334 g/mol. The van der Waals surface area contributed by atoms with E-state index in [1.54, 1.807) is 6.08 Å². The molecule has 0 unspecified atom stereocenters. The van der Waals surface area contributed by atoms with Gasteiger partial charge in [-0.25, -0.2) is 4.99 Å². The van der Waals surface area contributed by atoms with Gasteiger partial charge in [0.15, 0.2) is 11.5 Å². The molecule has 5 heteroatoms. The second kappa shape index (κ2) is 6.43. The molecule has 0 aliphatic carbocycles. The van der Waals surface area contributed by atoms with Crippen molar-refractivity contribution in [2.24, 2.45) is 4.99 Å². The van der Waals surface area contributed by atoms with E-state index in [2.05, 4.69) is 10.3 Å². The van der Waals surface area contributed by atoms with Crippen LogP contribution in [0.1, 0.15) is 23.1 Å². The van der Waals surface area contributed by atoms with E-state index in [-0.39, 0.29) is 5.91 Å². The molecule has 0 atom stereocenters. The number of benzene rings is 2. The van der Waals surface area contributed by atoms with E-state index >= 15 is 0 Å². The van der Waals surface area contributed by atoms with Crippen molar-refractivity contribution >= 4 is 17.8 Å². The van der Waals surface area contributed by atoms with Gasteiger partial charge in [-0.1, -0.05) is 30.3 Å². The summed E-state index contributed by atoms with van der Waals surface area (Å²) in [7, 11) is 0. The third kappa shape index (κ3) is 3.13. The van der Waals surface area contributed by atoms with Crippen LogP contribution in [-0.4, -0.2) is 25.0 Å². The fourth-order valence-corrected chi connectivity index (χ4v) is 2.86. The van der Waals surface area contributed by atoms with Gasteiger partial charge in [-0.3, -0.25) is 4.79 Å². The molecule has 0 radical (unpaired) electrons. The van der Waals surface area contributed by atoms with Gasteiger partial charge in [0.25, 0.3) is 5.91 Å². The molecule has 0 saturated carbocycles. The van der Waals surface area contributed by atoms with E-state index in [0.29, 0.717) is 30.5 Å².